The Labute approximate surface area is 193 Å². The highest BCUT2D eigenvalue weighted by Crippen LogP contribution is 2.44. The molecule has 3 heterocycles. The Morgan fingerprint density at radius 2 is 1.76 bits per heavy atom. The van der Waals surface area contributed by atoms with Gasteiger partial charge in [-0.3, -0.25) is 0 Å². The molecular formula is C26H18FNO6. The van der Waals surface area contributed by atoms with E-state index in [0.29, 0.717) is 50.7 Å². The van der Waals surface area contributed by atoms with Crippen LogP contribution in [0.1, 0.15) is 21.6 Å². The average Bonchev–Trinajstić information content (AvgIpc) is 3.47. The molecule has 0 aliphatic carbocycles. The molecule has 0 saturated carbocycles. The number of cyclic esters (lactones) is 1. The summed E-state index contributed by atoms with van der Waals surface area (Å²) in [6.07, 6.45) is 0. The molecule has 0 bridgehead atoms. The van der Waals surface area contributed by atoms with Crippen molar-refractivity contribution in [3.8, 4) is 34.1 Å². The summed E-state index contributed by atoms with van der Waals surface area (Å²) >= 11 is 0. The Hall–Kier alpha value is -4.33. The van der Waals surface area contributed by atoms with Gasteiger partial charge in [-0.05, 0) is 41.5 Å². The van der Waals surface area contributed by atoms with E-state index in [4.69, 9.17) is 23.7 Å². The Kier molecular flexibility index (Phi) is 4.72. The maximum atomic E-state index is 13.2. The SMILES string of the molecule is COc1cc2c(-c3ccc4c(c3)OCO4)c3c(nc2cc1OCc1ccc(F)cc1)COC3=O. The molecule has 0 fully saturated rings. The maximum absolute atomic E-state index is 13.2. The highest BCUT2D eigenvalue weighted by molar-refractivity contribution is 6.09. The van der Waals surface area contributed by atoms with Crippen molar-refractivity contribution in [1.29, 1.82) is 0 Å². The standard InChI is InChI=1S/C26H18FNO6/c1-30-21-9-17-18(10-23(21)31-11-14-2-5-16(27)6-3-14)28-19-12-32-26(29)25(19)24(17)15-4-7-20-22(8-15)34-13-33-20/h2-10H,11-13H2,1H3. The smallest absolute Gasteiger partial charge is 0.341 e. The number of hydrogen-bond donors (Lipinski definition) is 0. The van der Waals surface area contributed by atoms with E-state index in [2.05, 4.69) is 4.98 Å². The summed E-state index contributed by atoms with van der Waals surface area (Å²) in [5.74, 6) is 1.48. The third kappa shape index (κ3) is 3.35. The van der Waals surface area contributed by atoms with E-state index >= 15 is 0 Å². The van der Waals surface area contributed by atoms with Crippen LogP contribution in [0.2, 0.25) is 0 Å². The van der Waals surface area contributed by atoms with Crippen molar-refractivity contribution in [2.75, 3.05) is 13.9 Å². The van der Waals surface area contributed by atoms with Gasteiger partial charge in [0.25, 0.3) is 0 Å². The minimum Gasteiger partial charge on any atom is -0.493 e. The Morgan fingerprint density at radius 3 is 2.59 bits per heavy atom. The lowest BCUT2D eigenvalue weighted by Crippen LogP contribution is -2.02. The van der Waals surface area contributed by atoms with Crippen LogP contribution in [0.5, 0.6) is 23.0 Å². The van der Waals surface area contributed by atoms with Gasteiger partial charge in [-0.25, -0.2) is 14.2 Å². The lowest BCUT2D eigenvalue weighted by atomic mass is 9.94. The van der Waals surface area contributed by atoms with Crippen molar-refractivity contribution in [2.24, 2.45) is 0 Å². The van der Waals surface area contributed by atoms with Crippen LogP contribution in [-0.2, 0) is 18.0 Å². The van der Waals surface area contributed by atoms with Gasteiger partial charge < -0.3 is 23.7 Å². The van der Waals surface area contributed by atoms with Gasteiger partial charge in [0.2, 0.25) is 6.79 Å². The average molecular weight is 459 g/mol. The summed E-state index contributed by atoms with van der Waals surface area (Å²) in [6, 6.07) is 15.2. The van der Waals surface area contributed by atoms with Crippen molar-refractivity contribution < 1.29 is 32.9 Å². The molecule has 170 valence electrons. The normalized spacial score (nSPS) is 13.6. The predicted octanol–water partition coefficient (Wildman–Crippen LogP) is 5.03. The van der Waals surface area contributed by atoms with Gasteiger partial charge in [-0.2, -0.15) is 0 Å². The molecule has 2 aliphatic rings. The number of benzene rings is 3. The highest BCUT2D eigenvalue weighted by Gasteiger charge is 2.30. The predicted molar refractivity (Wildman–Crippen MR) is 120 cm³/mol. The van der Waals surface area contributed by atoms with E-state index in [9.17, 15) is 9.18 Å². The molecule has 2 aliphatic heterocycles. The Morgan fingerprint density at radius 1 is 0.941 bits per heavy atom. The zero-order valence-electron chi connectivity index (χ0n) is 18.1. The van der Waals surface area contributed by atoms with Crippen LogP contribution in [0.4, 0.5) is 4.39 Å². The van der Waals surface area contributed by atoms with Gasteiger partial charge in [0.15, 0.2) is 23.0 Å². The summed E-state index contributed by atoms with van der Waals surface area (Å²) in [7, 11) is 1.54. The Bertz CT molecular complexity index is 1450. The van der Waals surface area contributed by atoms with Gasteiger partial charge in [0.1, 0.15) is 19.0 Å². The summed E-state index contributed by atoms with van der Waals surface area (Å²) in [4.78, 5) is 17.3. The first kappa shape index (κ1) is 20.3. The zero-order valence-corrected chi connectivity index (χ0v) is 18.1. The monoisotopic (exact) mass is 459 g/mol. The first-order chi connectivity index (χ1) is 16.6. The van der Waals surface area contributed by atoms with Crippen LogP contribution in [-0.4, -0.2) is 24.9 Å². The summed E-state index contributed by atoms with van der Waals surface area (Å²) in [6.45, 7) is 0.474. The number of nitrogens with zero attached hydrogens (tertiary/aromatic N) is 1. The number of aromatic nitrogens is 1. The first-order valence-electron chi connectivity index (χ1n) is 10.6. The fourth-order valence-electron chi connectivity index (χ4n) is 4.22. The number of ether oxygens (including phenoxy) is 5. The molecule has 0 radical (unpaired) electrons. The first-order valence-corrected chi connectivity index (χ1v) is 10.6. The van der Waals surface area contributed by atoms with Gasteiger partial charge in [0.05, 0.1) is 23.9 Å². The number of carbonyl (C=O) groups excluding carboxylic acids is 1. The minimum absolute atomic E-state index is 0.0967. The van der Waals surface area contributed by atoms with Crippen LogP contribution in [0.3, 0.4) is 0 Å². The molecule has 4 aromatic rings. The van der Waals surface area contributed by atoms with E-state index in [0.717, 1.165) is 11.1 Å². The molecule has 1 aromatic heterocycles. The van der Waals surface area contributed by atoms with E-state index in [-0.39, 0.29) is 25.8 Å². The van der Waals surface area contributed by atoms with Crippen LogP contribution in [0.15, 0.2) is 54.6 Å². The molecule has 8 heteroatoms. The van der Waals surface area contributed by atoms with Crippen molar-refractivity contribution in [2.45, 2.75) is 13.2 Å². The molecule has 7 nitrogen and oxygen atoms in total. The second-order valence-electron chi connectivity index (χ2n) is 7.89. The minimum atomic E-state index is -0.423. The molecule has 0 N–H and O–H groups in total. The zero-order chi connectivity index (χ0) is 23.2. The fourth-order valence-corrected chi connectivity index (χ4v) is 4.22. The number of esters is 1. The van der Waals surface area contributed by atoms with E-state index < -0.39 is 5.97 Å². The lowest BCUT2D eigenvalue weighted by molar-refractivity contribution is 0.0534. The molecule has 6 rings (SSSR count). The van der Waals surface area contributed by atoms with Gasteiger partial charge in [-0.1, -0.05) is 18.2 Å². The summed E-state index contributed by atoms with van der Waals surface area (Å²) < 4.78 is 41.1. The third-order valence-electron chi connectivity index (χ3n) is 5.86. The second-order valence-corrected chi connectivity index (χ2v) is 7.89. The second kappa shape index (κ2) is 7.91. The van der Waals surface area contributed by atoms with Crippen molar-refractivity contribution in [3.05, 3.63) is 77.2 Å². The molecule has 0 saturated heterocycles. The van der Waals surface area contributed by atoms with Gasteiger partial charge >= 0.3 is 5.97 Å². The van der Waals surface area contributed by atoms with Crippen LogP contribution >= 0.6 is 0 Å². The van der Waals surface area contributed by atoms with Crippen molar-refractivity contribution in [3.63, 3.8) is 0 Å². The lowest BCUT2D eigenvalue weighted by Gasteiger charge is -2.15. The van der Waals surface area contributed by atoms with Gasteiger partial charge in [-0.15, -0.1) is 0 Å². The van der Waals surface area contributed by atoms with Gasteiger partial charge in [0, 0.05) is 17.0 Å². The fraction of sp³-hybridized carbons (Fsp3) is 0.154. The molecule has 0 atom stereocenters. The molecular weight excluding hydrogens is 441 g/mol. The number of carbonyl (C=O) groups is 1. The van der Waals surface area contributed by atoms with E-state index in [1.807, 2.05) is 18.2 Å². The highest BCUT2D eigenvalue weighted by atomic mass is 19.1. The number of hydrogen-bond acceptors (Lipinski definition) is 7. The molecule has 34 heavy (non-hydrogen) atoms. The van der Waals surface area contributed by atoms with Crippen LogP contribution in [0, 0.1) is 5.82 Å². The number of halogens is 1. The molecule has 0 unspecified atom stereocenters. The van der Waals surface area contributed by atoms with Crippen LogP contribution in [0.25, 0.3) is 22.0 Å². The summed E-state index contributed by atoms with van der Waals surface area (Å²) in [5, 5.41) is 0.711. The third-order valence-corrected chi connectivity index (χ3v) is 5.86. The van der Waals surface area contributed by atoms with Crippen LogP contribution < -0.4 is 18.9 Å². The summed E-state index contributed by atoms with van der Waals surface area (Å²) in [5.41, 5.74) is 3.87. The van der Waals surface area contributed by atoms with E-state index in [1.54, 1.807) is 31.4 Å². The number of pyridine rings is 1. The molecule has 0 spiro atoms. The molecule has 0 amide bonds. The number of rotatable bonds is 5. The Balaban J connectivity index is 1.49. The topological polar surface area (TPSA) is 76.1 Å². The van der Waals surface area contributed by atoms with Crippen molar-refractivity contribution >= 4 is 16.9 Å². The van der Waals surface area contributed by atoms with Crippen molar-refractivity contribution in [1.82, 2.24) is 4.98 Å². The largest absolute Gasteiger partial charge is 0.493 e. The number of fused-ring (bicyclic) bond motifs is 3. The maximum Gasteiger partial charge on any atom is 0.341 e. The quantitative estimate of drug-likeness (QED) is 0.388. The van der Waals surface area contributed by atoms with E-state index in [1.165, 1.54) is 12.1 Å². The molecule has 3 aromatic carbocycles. The number of methoxy groups -OCH3 is 1.